The first-order valence-corrected chi connectivity index (χ1v) is 48.7. The highest BCUT2D eigenvalue weighted by atomic mass is 15.0. The van der Waals surface area contributed by atoms with Crippen molar-refractivity contribution < 1.29 is 26.0 Å². The molecule has 3 nitrogen and oxygen atoms in total. The van der Waals surface area contributed by atoms with Crippen molar-refractivity contribution in [1.29, 1.82) is 0 Å². The molecule has 138 heavy (non-hydrogen) atoms. The summed E-state index contributed by atoms with van der Waals surface area (Å²) in [7, 11) is 0. The Morgan fingerprint density at radius 2 is 0.435 bits per heavy atom. The molecule has 14 aromatic carbocycles. The summed E-state index contributed by atoms with van der Waals surface area (Å²) in [6.45, 7) is 81.7. The van der Waals surface area contributed by atoms with Crippen LogP contribution in [0.1, 0.15) is 362 Å². The summed E-state index contributed by atoms with van der Waals surface area (Å²) in [5.41, 5.74) is 26.2. The highest BCUT2D eigenvalue weighted by molar-refractivity contribution is 6.21. The lowest BCUT2D eigenvalue weighted by Crippen LogP contribution is -2.22. The van der Waals surface area contributed by atoms with Gasteiger partial charge in [0.25, 0.3) is 0 Å². The molecule has 3 heterocycles. The molecule has 17 aromatic rings. The molecule has 17 rings (SSSR count). The number of aromatic nitrogens is 3. The summed E-state index contributed by atoms with van der Waals surface area (Å²) in [6.07, 6.45) is 0. The van der Waals surface area contributed by atoms with Crippen LogP contribution in [0, 0.1) is 6.92 Å². The smallest absolute Gasteiger partial charge is 0.0632 e. The third kappa shape index (κ3) is 20.6. The standard InChI is InChI=1S/C50H61N.C43H47N.C40H49N.2CH4/c1-46(2,3)34-26-33(27-35(28-34)47(4,5)6)40-24-25-42-44(45(40)50(13,14)15)43-39(32-20-17-16-18-21-32)22-19-23-41(43)51(42)38-30-36(48(7,8)9)29-37(31-38)49(10,11)12;1-28-16-14-19-30(24-28)35-22-23-37-39(40(35)43(8,9)10)38-34(29-17-12-11-13-18-29)20-15-21-36(38)44(37)33-26-31(41(2,3)4)25-32(27-33)42(5,6)7;1-37(2,3)27-23-28(38(4,5)6)25-29(24-27)41-32-20-16-19-30(26-17-14-13-15-18-26)34(32)35-33(41)22-21-31(39(7,8)9)36(35)40(10,11)12;;/h16-31H,1-15H3;11-27H,1-10H3;13-25H,1-12H3;2*1H4/i16D,17D,18D,20D,21D;11D,12D,13D,14D,16D,17D,18D,19D,24D;13D,14D,15D,17D,18D;;. The minimum absolute atomic E-state index is 0. The Kier molecular flexibility index (Phi) is 21.5. The largest absolute Gasteiger partial charge is 0.309 e. The van der Waals surface area contributed by atoms with Gasteiger partial charge in [0, 0.05) is 49.4 Å². The van der Waals surface area contributed by atoms with Gasteiger partial charge in [0.05, 0.1) is 59.1 Å². The monoisotopic (exact) mass is 1850 g/mol. The van der Waals surface area contributed by atoms with Gasteiger partial charge in [-0.2, -0.15) is 0 Å². The van der Waals surface area contributed by atoms with Crippen molar-refractivity contribution in [2.45, 2.75) is 336 Å². The van der Waals surface area contributed by atoms with Crippen LogP contribution in [0.15, 0.2) is 279 Å². The summed E-state index contributed by atoms with van der Waals surface area (Å²) in [6, 6.07) is 52.8. The van der Waals surface area contributed by atoms with Gasteiger partial charge in [-0.05, 0) is 267 Å². The fraction of sp³-hybridized carbons (Fsp3) is 0.378. The second-order valence-corrected chi connectivity index (χ2v) is 50.4. The fourth-order valence-corrected chi connectivity index (χ4v) is 19.5. The number of fused-ring (bicyclic) bond motifs is 9. The zero-order chi connectivity index (χ0) is 116. The Hall–Kier alpha value is -11.5. The van der Waals surface area contributed by atoms with Crippen LogP contribution in [0.4, 0.5) is 0 Å². The van der Waals surface area contributed by atoms with E-state index in [2.05, 4.69) is 372 Å². The van der Waals surface area contributed by atoms with E-state index in [9.17, 15) is 0 Å². The van der Waals surface area contributed by atoms with Gasteiger partial charge in [-0.25, -0.2) is 0 Å². The van der Waals surface area contributed by atoms with E-state index < -0.39 is 29.6 Å². The summed E-state index contributed by atoms with van der Waals surface area (Å²) < 4.78 is 173. The highest BCUT2D eigenvalue weighted by Crippen LogP contribution is 2.54. The van der Waals surface area contributed by atoms with Crippen LogP contribution in [0.3, 0.4) is 0 Å². The van der Waals surface area contributed by atoms with Gasteiger partial charge >= 0.3 is 0 Å². The quantitative estimate of drug-likeness (QED) is 0.144. The molecule has 0 aliphatic carbocycles. The average molecular weight is 1850 g/mol. The van der Waals surface area contributed by atoms with E-state index >= 15 is 0 Å². The third-order valence-electron chi connectivity index (χ3n) is 27.0. The first-order valence-electron chi connectivity index (χ1n) is 58.2. The van der Waals surface area contributed by atoms with Crippen molar-refractivity contribution in [3.63, 3.8) is 0 Å². The van der Waals surface area contributed by atoms with E-state index in [0.29, 0.717) is 33.2 Å². The average Bonchev–Trinajstić information content (AvgIpc) is 1.55. The van der Waals surface area contributed by atoms with Crippen LogP contribution in [-0.4, -0.2) is 13.7 Å². The van der Waals surface area contributed by atoms with E-state index in [1.165, 1.54) is 44.5 Å². The van der Waals surface area contributed by atoms with Crippen LogP contribution in [-0.2, 0) is 65.0 Å². The predicted molar refractivity (Wildman–Crippen MR) is 612 cm³/mol. The highest BCUT2D eigenvalue weighted by Gasteiger charge is 2.37. The molecule has 0 N–H and O–H groups in total. The lowest BCUT2D eigenvalue weighted by Gasteiger charge is -2.31. The van der Waals surface area contributed by atoms with Crippen molar-refractivity contribution in [2.24, 2.45) is 0 Å². The molecule has 0 unspecified atom stereocenters. The van der Waals surface area contributed by atoms with E-state index in [0.717, 1.165) is 110 Å². The van der Waals surface area contributed by atoms with E-state index in [1.54, 1.807) is 13.0 Å². The summed E-state index contributed by atoms with van der Waals surface area (Å²) in [4.78, 5) is 0. The SMILES string of the molecule is C.C.[2H]c1c([2H])c([2H])c(-c2cccc3c2c2c(C(C)(C)C)c(-c4c([2H])c([2H])c([2H])c(C)c4[2H])ccc2n3-c2cc(C(C)(C)C)cc(C(C)(C)C)c2)c([2H])c1[2H].[2H]c1c([2H])c([2H])c(-c2cccc3c2c2c(C(C)(C)C)c(-c4cc(C(C)(C)C)cc(C(C)(C)C)c4)ccc2n3-c2cc(C(C)(C)C)cc(C(C)(C)C)c2)c([2H])c1[2H].[2H]c1c([2H])c([2H])c(-c2cccc3c2c2c(C(C)(C)C)c(C(C)(C)C)ccc2n3-c2cc(C(C)(C)C)cc(C(C)(C)C)c2)c([2H])c1[2H]. The van der Waals surface area contributed by atoms with Gasteiger partial charge in [0.1, 0.15) is 0 Å². The Balaban J connectivity index is 0.000000195. The first-order chi connectivity index (χ1) is 70.9. The molecule has 0 atom stereocenters. The Bertz CT molecular complexity index is 8400. The Morgan fingerprint density at radius 1 is 0.196 bits per heavy atom. The summed E-state index contributed by atoms with van der Waals surface area (Å²) >= 11 is 0. The molecule has 0 saturated carbocycles. The predicted octanol–water partition coefficient (Wildman–Crippen LogP) is 39.8. The zero-order valence-electron chi connectivity index (χ0n) is 107. The van der Waals surface area contributed by atoms with Gasteiger partial charge < -0.3 is 13.7 Å². The second-order valence-electron chi connectivity index (χ2n) is 50.4. The number of nitrogens with zero attached hydrogens (tertiary/aromatic N) is 3. The summed E-state index contributed by atoms with van der Waals surface area (Å²) in [5, 5.41) is 5.34. The number of rotatable bonds is 8. The van der Waals surface area contributed by atoms with Crippen molar-refractivity contribution >= 4 is 65.4 Å². The zero-order valence-corrected chi connectivity index (χ0v) is 88.4. The number of hydrogen-bond acceptors (Lipinski definition) is 0. The lowest BCUT2D eigenvalue weighted by atomic mass is 9.73. The maximum atomic E-state index is 9.16. The normalized spacial score (nSPS) is 14.9. The molecule has 0 spiro atoms. The minimum Gasteiger partial charge on any atom is -0.309 e. The van der Waals surface area contributed by atoms with Crippen molar-refractivity contribution in [3.05, 3.63) is 351 Å². The topological polar surface area (TPSA) is 14.8 Å². The third-order valence-corrected chi connectivity index (χ3v) is 27.0. The Labute approximate surface area is 860 Å². The molecule has 3 aromatic heterocycles. The number of benzene rings is 14. The van der Waals surface area contributed by atoms with Crippen molar-refractivity contribution in [1.82, 2.24) is 13.7 Å². The van der Waals surface area contributed by atoms with Crippen LogP contribution < -0.4 is 0 Å². The van der Waals surface area contributed by atoms with Gasteiger partial charge in [0.15, 0.2) is 0 Å². The van der Waals surface area contributed by atoms with Gasteiger partial charge in [0.2, 0.25) is 0 Å². The summed E-state index contributed by atoms with van der Waals surface area (Å²) in [5.74, 6) is 0. The molecule has 3 heteroatoms. The molecule has 0 radical (unpaired) electrons. The molecule has 0 fully saturated rings. The van der Waals surface area contributed by atoms with Crippen molar-refractivity contribution in [2.75, 3.05) is 0 Å². The van der Waals surface area contributed by atoms with Gasteiger partial charge in [-0.1, -0.05) is 475 Å². The van der Waals surface area contributed by atoms with E-state index in [4.69, 9.17) is 26.0 Å². The molecular weight excluding hydrogens is 1660 g/mol. The lowest BCUT2D eigenvalue weighted by molar-refractivity contribution is 0.535. The van der Waals surface area contributed by atoms with Crippen LogP contribution in [0.2, 0.25) is 0 Å². The van der Waals surface area contributed by atoms with E-state index in [-0.39, 0.29) is 187 Å². The molecular formula is C135H165N3. The van der Waals surface area contributed by atoms with Crippen molar-refractivity contribution in [3.8, 4) is 72.7 Å². The number of hydrogen-bond donors (Lipinski definition) is 0. The van der Waals surface area contributed by atoms with Crippen LogP contribution >= 0.6 is 0 Å². The molecule has 0 amide bonds. The van der Waals surface area contributed by atoms with Gasteiger partial charge in [-0.3, -0.25) is 0 Å². The maximum absolute atomic E-state index is 9.16. The molecule has 0 bridgehead atoms. The molecule has 720 valence electrons. The second kappa shape index (κ2) is 36.9. The van der Waals surface area contributed by atoms with Gasteiger partial charge in [-0.15, -0.1) is 0 Å². The van der Waals surface area contributed by atoms with E-state index in [1.807, 2.05) is 48.5 Å². The minimum atomic E-state index is -0.612. The first kappa shape index (κ1) is 80.3. The maximum Gasteiger partial charge on any atom is 0.0632 e. The van der Waals surface area contributed by atoms with Crippen LogP contribution in [0.25, 0.3) is 138 Å². The molecule has 0 aliphatic heterocycles. The molecule has 0 aliphatic rings. The molecule has 0 saturated heterocycles. The Morgan fingerprint density at radius 3 is 0.696 bits per heavy atom. The fourth-order valence-electron chi connectivity index (χ4n) is 19.5. The van der Waals surface area contributed by atoms with Crippen LogP contribution in [0.5, 0.6) is 0 Å².